The number of nitrogens with zero attached hydrogens (tertiary/aromatic N) is 2. The molecule has 0 radical (unpaired) electrons. The Hall–Kier alpha value is -1.31. The third-order valence-corrected chi connectivity index (χ3v) is 3.05. The number of hydrogen-bond acceptors (Lipinski definition) is 1. The molecule has 0 saturated carbocycles. The quantitative estimate of drug-likeness (QED) is 0.596. The number of aromatic nitrogens is 2. The number of aryl methyl sites for hydroxylation is 2. The van der Waals surface area contributed by atoms with Gasteiger partial charge in [-0.1, -0.05) is 0 Å². The van der Waals surface area contributed by atoms with Gasteiger partial charge in [-0.15, -0.1) is 0 Å². The average molecular weight is 172 g/mol. The van der Waals surface area contributed by atoms with Gasteiger partial charge in [0.25, 0.3) is 0 Å². The molecule has 3 heterocycles. The molecule has 0 saturated heterocycles. The predicted molar refractivity (Wildman–Crippen MR) is 52.8 cm³/mol. The topological polar surface area (TPSA) is 17.8 Å². The molecule has 0 N–H and O–H groups in total. The van der Waals surface area contributed by atoms with Crippen molar-refractivity contribution in [2.24, 2.45) is 0 Å². The molecule has 0 aromatic carbocycles. The Morgan fingerprint density at radius 1 is 1.46 bits per heavy atom. The van der Waals surface area contributed by atoms with E-state index < -0.39 is 0 Å². The third kappa shape index (κ3) is 0.804. The molecule has 3 rings (SSSR count). The molecule has 0 amide bonds. The van der Waals surface area contributed by atoms with Gasteiger partial charge in [0.2, 0.25) is 0 Å². The highest BCUT2D eigenvalue weighted by Crippen LogP contribution is 2.29. The van der Waals surface area contributed by atoms with Crippen LogP contribution in [0, 0.1) is 6.92 Å². The molecule has 2 heteroatoms. The highest BCUT2D eigenvalue weighted by Gasteiger charge is 2.17. The monoisotopic (exact) mass is 172 g/mol. The van der Waals surface area contributed by atoms with Gasteiger partial charge < -0.3 is 4.57 Å². The number of fused-ring (bicyclic) bond motifs is 3. The first-order valence-electron chi connectivity index (χ1n) is 4.79. The Bertz CT molecular complexity index is 468. The molecule has 0 fully saturated rings. The molecule has 0 aliphatic carbocycles. The number of rotatable bonds is 0. The van der Waals surface area contributed by atoms with E-state index in [2.05, 4.69) is 22.5 Å². The largest absolute Gasteiger partial charge is 0.343 e. The van der Waals surface area contributed by atoms with E-state index in [0.717, 1.165) is 0 Å². The fourth-order valence-electron chi connectivity index (χ4n) is 2.40. The molecule has 66 valence electrons. The lowest BCUT2D eigenvalue weighted by atomic mass is 10.1. The van der Waals surface area contributed by atoms with Gasteiger partial charge in [0.15, 0.2) is 0 Å². The molecule has 2 aromatic heterocycles. The van der Waals surface area contributed by atoms with Gasteiger partial charge in [0.1, 0.15) is 0 Å². The molecule has 1 aliphatic heterocycles. The first-order valence-corrected chi connectivity index (χ1v) is 4.79. The molecular weight excluding hydrogens is 160 g/mol. The van der Waals surface area contributed by atoms with Crippen LogP contribution >= 0.6 is 0 Å². The second-order valence-electron chi connectivity index (χ2n) is 3.72. The zero-order chi connectivity index (χ0) is 8.84. The van der Waals surface area contributed by atoms with E-state index in [1.807, 2.05) is 12.4 Å². The van der Waals surface area contributed by atoms with Crippen molar-refractivity contribution in [2.75, 3.05) is 0 Å². The Kier molecular flexibility index (Phi) is 1.29. The highest BCUT2D eigenvalue weighted by atomic mass is 15.0. The van der Waals surface area contributed by atoms with E-state index in [-0.39, 0.29) is 0 Å². The Balaban J connectivity index is 2.49. The number of hydrogen-bond donors (Lipinski definition) is 0. The smallest absolute Gasteiger partial charge is 0.0671 e. The van der Waals surface area contributed by atoms with E-state index in [4.69, 9.17) is 0 Å². The summed E-state index contributed by atoms with van der Waals surface area (Å²) in [5.74, 6) is 0. The first-order chi connectivity index (χ1) is 6.38. The zero-order valence-corrected chi connectivity index (χ0v) is 7.75. The number of pyridine rings is 1. The Morgan fingerprint density at radius 3 is 3.31 bits per heavy atom. The van der Waals surface area contributed by atoms with Crippen LogP contribution in [0.1, 0.15) is 17.7 Å². The maximum absolute atomic E-state index is 4.18. The maximum atomic E-state index is 4.18. The van der Waals surface area contributed by atoms with Crippen LogP contribution in [0.15, 0.2) is 18.5 Å². The normalized spacial score (nSPS) is 15.2. The van der Waals surface area contributed by atoms with Crippen LogP contribution in [0.3, 0.4) is 0 Å². The average Bonchev–Trinajstić information content (AvgIpc) is 2.72. The summed E-state index contributed by atoms with van der Waals surface area (Å²) in [6, 6.07) is 2.12. The second kappa shape index (κ2) is 2.34. The van der Waals surface area contributed by atoms with Gasteiger partial charge in [0, 0.05) is 23.8 Å². The van der Waals surface area contributed by atoms with Crippen LogP contribution < -0.4 is 0 Å². The molecular formula is C11H12N2. The SMILES string of the molecule is Cc1c2n(c3cnccc13)CCC2. The van der Waals surface area contributed by atoms with Gasteiger partial charge >= 0.3 is 0 Å². The van der Waals surface area contributed by atoms with Crippen LogP contribution in [-0.2, 0) is 13.0 Å². The van der Waals surface area contributed by atoms with Crippen molar-refractivity contribution in [1.82, 2.24) is 9.55 Å². The van der Waals surface area contributed by atoms with E-state index in [1.165, 1.54) is 41.5 Å². The van der Waals surface area contributed by atoms with Crippen molar-refractivity contribution in [3.05, 3.63) is 29.7 Å². The fourth-order valence-corrected chi connectivity index (χ4v) is 2.40. The third-order valence-electron chi connectivity index (χ3n) is 3.05. The lowest BCUT2D eigenvalue weighted by Crippen LogP contribution is -1.91. The van der Waals surface area contributed by atoms with Crippen LogP contribution in [0.2, 0.25) is 0 Å². The Labute approximate surface area is 77.2 Å². The van der Waals surface area contributed by atoms with E-state index in [0.29, 0.717) is 0 Å². The molecule has 2 nitrogen and oxygen atoms in total. The molecule has 2 aromatic rings. The molecule has 0 unspecified atom stereocenters. The minimum absolute atomic E-state index is 1.17. The summed E-state index contributed by atoms with van der Waals surface area (Å²) in [5.41, 5.74) is 4.28. The fraction of sp³-hybridized carbons (Fsp3) is 0.364. The van der Waals surface area contributed by atoms with Gasteiger partial charge in [-0.25, -0.2) is 0 Å². The van der Waals surface area contributed by atoms with Crippen LogP contribution in [-0.4, -0.2) is 9.55 Å². The summed E-state index contributed by atoms with van der Waals surface area (Å²) in [5, 5.41) is 1.38. The lowest BCUT2D eigenvalue weighted by molar-refractivity contribution is 0.771. The van der Waals surface area contributed by atoms with E-state index >= 15 is 0 Å². The summed E-state index contributed by atoms with van der Waals surface area (Å²) in [6.07, 6.45) is 6.39. The van der Waals surface area contributed by atoms with Crippen molar-refractivity contribution < 1.29 is 0 Å². The van der Waals surface area contributed by atoms with Crippen LogP contribution in [0.4, 0.5) is 0 Å². The van der Waals surface area contributed by atoms with Gasteiger partial charge in [-0.2, -0.15) is 0 Å². The summed E-state index contributed by atoms with van der Waals surface area (Å²) >= 11 is 0. The van der Waals surface area contributed by atoms with Crippen molar-refractivity contribution in [3.63, 3.8) is 0 Å². The van der Waals surface area contributed by atoms with Gasteiger partial charge in [-0.05, 0) is 31.4 Å². The molecule has 13 heavy (non-hydrogen) atoms. The summed E-state index contributed by atoms with van der Waals surface area (Å²) in [4.78, 5) is 4.18. The van der Waals surface area contributed by atoms with Crippen LogP contribution in [0.5, 0.6) is 0 Å². The van der Waals surface area contributed by atoms with E-state index in [9.17, 15) is 0 Å². The molecule has 0 atom stereocenters. The van der Waals surface area contributed by atoms with Crippen molar-refractivity contribution in [2.45, 2.75) is 26.3 Å². The highest BCUT2D eigenvalue weighted by molar-refractivity contribution is 5.84. The van der Waals surface area contributed by atoms with Gasteiger partial charge in [0.05, 0.1) is 11.7 Å². The lowest BCUT2D eigenvalue weighted by Gasteiger charge is -1.97. The molecule has 0 spiro atoms. The maximum Gasteiger partial charge on any atom is 0.0671 e. The van der Waals surface area contributed by atoms with Crippen LogP contribution in [0.25, 0.3) is 10.9 Å². The minimum atomic E-state index is 1.17. The first kappa shape index (κ1) is 7.13. The molecule has 0 bridgehead atoms. The minimum Gasteiger partial charge on any atom is -0.343 e. The Morgan fingerprint density at radius 2 is 2.38 bits per heavy atom. The van der Waals surface area contributed by atoms with Crippen molar-refractivity contribution in [1.29, 1.82) is 0 Å². The second-order valence-corrected chi connectivity index (χ2v) is 3.72. The van der Waals surface area contributed by atoms with Crippen molar-refractivity contribution in [3.8, 4) is 0 Å². The standard InChI is InChI=1S/C11H12N2/c1-8-9-4-5-12-7-11(9)13-6-2-3-10(8)13/h4-5,7H,2-3,6H2,1H3. The molecule has 1 aliphatic rings. The van der Waals surface area contributed by atoms with Gasteiger partial charge in [-0.3, -0.25) is 4.98 Å². The predicted octanol–water partition coefficient (Wildman–Crippen LogP) is 2.29. The summed E-state index contributed by atoms with van der Waals surface area (Å²) < 4.78 is 2.41. The van der Waals surface area contributed by atoms with E-state index in [1.54, 1.807) is 0 Å². The zero-order valence-electron chi connectivity index (χ0n) is 7.75. The summed E-state index contributed by atoms with van der Waals surface area (Å²) in [7, 11) is 0. The van der Waals surface area contributed by atoms with Crippen molar-refractivity contribution >= 4 is 10.9 Å². The summed E-state index contributed by atoms with van der Waals surface area (Å²) in [6.45, 7) is 3.39.